The third-order valence-corrected chi connectivity index (χ3v) is 4.47. The fraction of sp³-hybridized carbons (Fsp3) is 0.286. The molecule has 0 aliphatic carbocycles. The summed E-state index contributed by atoms with van der Waals surface area (Å²) in [6, 6.07) is 5.59. The maximum atomic E-state index is 7.45. The van der Waals surface area contributed by atoms with Gasteiger partial charge in [-0.3, -0.25) is 5.41 Å². The van der Waals surface area contributed by atoms with Gasteiger partial charge in [0, 0.05) is 11.4 Å². The second-order valence-corrected chi connectivity index (χ2v) is 5.94. The van der Waals surface area contributed by atoms with Crippen LogP contribution in [0.3, 0.4) is 0 Å². The molecule has 0 unspecified atom stereocenters. The van der Waals surface area contributed by atoms with Crippen LogP contribution >= 0.6 is 22.9 Å². The number of nitrogens with one attached hydrogen (secondary N) is 1. The van der Waals surface area contributed by atoms with Gasteiger partial charge in [-0.05, 0) is 37.6 Å². The number of nitrogens with two attached hydrogens (primary N) is 1. The number of amidine groups is 1. The summed E-state index contributed by atoms with van der Waals surface area (Å²) in [4.78, 5) is 5.13. The molecule has 1 aromatic heterocycles. The van der Waals surface area contributed by atoms with Crippen LogP contribution in [0.2, 0.25) is 5.02 Å². The molecule has 0 aliphatic heterocycles. The van der Waals surface area contributed by atoms with E-state index < -0.39 is 0 Å². The quantitative estimate of drug-likeness (QED) is 0.657. The van der Waals surface area contributed by atoms with Crippen molar-refractivity contribution in [2.24, 2.45) is 5.73 Å². The number of nitrogens with zero attached hydrogens (tertiary/aromatic N) is 1. The number of ether oxygens (including phenoxy) is 1. The van der Waals surface area contributed by atoms with Gasteiger partial charge in [-0.1, -0.05) is 11.6 Å². The first-order valence-electron chi connectivity index (χ1n) is 6.17. The van der Waals surface area contributed by atoms with Gasteiger partial charge >= 0.3 is 0 Å². The van der Waals surface area contributed by atoms with E-state index in [0.29, 0.717) is 13.0 Å². The average Bonchev–Trinajstić information content (AvgIpc) is 2.75. The molecule has 0 atom stereocenters. The molecular weight excluding hydrogens is 294 g/mol. The van der Waals surface area contributed by atoms with E-state index in [1.807, 2.05) is 32.0 Å². The minimum Gasteiger partial charge on any atom is -0.493 e. The Labute approximate surface area is 127 Å². The van der Waals surface area contributed by atoms with E-state index >= 15 is 0 Å². The van der Waals surface area contributed by atoms with E-state index in [-0.39, 0.29) is 5.84 Å². The van der Waals surface area contributed by atoms with Crippen LogP contribution in [0.4, 0.5) is 0 Å². The normalized spacial score (nSPS) is 10.6. The molecule has 4 nitrogen and oxygen atoms in total. The molecule has 0 saturated heterocycles. The molecule has 20 heavy (non-hydrogen) atoms. The average molecular weight is 310 g/mol. The summed E-state index contributed by atoms with van der Waals surface area (Å²) in [7, 11) is 0. The summed E-state index contributed by atoms with van der Waals surface area (Å²) >= 11 is 7.41. The van der Waals surface area contributed by atoms with Crippen LogP contribution in [0.25, 0.3) is 0 Å². The Kier molecular flexibility index (Phi) is 4.62. The topological polar surface area (TPSA) is 72.0 Å². The molecule has 0 radical (unpaired) electrons. The first-order chi connectivity index (χ1) is 9.47. The highest BCUT2D eigenvalue weighted by Gasteiger charge is 2.10. The molecule has 1 heterocycles. The minimum atomic E-state index is 0.0699. The monoisotopic (exact) mass is 309 g/mol. The Morgan fingerprint density at radius 2 is 2.20 bits per heavy atom. The number of aryl methyl sites for hydroxylation is 2. The van der Waals surface area contributed by atoms with E-state index in [1.54, 1.807) is 0 Å². The third-order valence-electron chi connectivity index (χ3n) is 2.80. The van der Waals surface area contributed by atoms with Crippen LogP contribution in [0.15, 0.2) is 18.2 Å². The van der Waals surface area contributed by atoms with Gasteiger partial charge in [0.25, 0.3) is 0 Å². The van der Waals surface area contributed by atoms with Crippen molar-refractivity contribution in [2.75, 3.05) is 6.61 Å². The Morgan fingerprint density at radius 3 is 2.80 bits per heavy atom. The standard InChI is InChI=1S/C14H16ClN3OS/c1-8-7-10(3-4-11(8)15)19-6-5-12-18-9(2)13(20-12)14(16)17/h3-4,7H,5-6H2,1-2H3,(H3,16,17). The van der Waals surface area contributed by atoms with Gasteiger partial charge in [-0.15, -0.1) is 11.3 Å². The molecule has 0 fully saturated rings. The zero-order chi connectivity index (χ0) is 14.7. The molecule has 0 saturated carbocycles. The van der Waals surface area contributed by atoms with Crippen LogP contribution < -0.4 is 10.5 Å². The van der Waals surface area contributed by atoms with E-state index in [1.165, 1.54) is 11.3 Å². The van der Waals surface area contributed by atoms with E-state index in [4.69, 9.17) is 27.5 Å². The van der Waals surface area contributed by atoms with Crippen molar-refractivity contribution in [2.45, 2.75) is 20.3 Å². The predicted molar refractivity (Wildman–Crippen MR) is 83.3 cm³/mol. The number of rotatable bonds is 5. The van der Waals surface area contributed by atoms with Gasteiger partial charge in [-0.2, -0.15) is 0 Å². The Balaban J connectivity index is 1.94. The Bertz CT molecular complexity index is 639. The van der Waals surface area contributed by atoms with Crippen molar-refractivity contribution in [3.05, 3.63) is 44.4 Å². The molecule has 3 N–H and O–H groups in total. The molecule has 0 amide bonds. The fourth-order valence-corrected chi connectivity index (χ4v) is 2.80. The molecule has 0 spiro atoms. The molecule has 0 aliphatic rings. The maximum absolute atomic E-state index is 7.45. The zero-order valence-electron chi connectivity index (χ0n) is 11.4. The summed E-state index contributed by atoms with van der Waals surface area (Å²) in [6.07, 6.45) is 0.695. The molecular formula is C14H16ClN3OS. The van der Waals surface area contributed by atoms with Gasteiger partial charge in [0.2, 0.25) is 0 Å². The smallest absolute Gasteiger partial charge is 0.135 e. The second-order valence-electron chi connectivity index (χ2n) is 4.45. The highest BCUT2D eigenvalue weighted by molar-refractivity contribution is 7.13. The van der Waals surface area contributed by atoms with Crippen LogP contribution in [-0.2, 0) is 6.42 Å². The second kappa shape index (κ2) is 6.24. The molecule has 106 valence electrons. The first kappa shape index (κ1) is 14.8. The number of hydrogen-bond acceptors (Lipinski definition) is 4. The number of halogens is 1. The van der Waals surface area contributed by atoms with Crippen LogP contribution in [-0.4, -0.2) is 17.4 Å². The van der Waals surface area contributed by atoms with Gasteiger partial charge < -0.3 is 10.5 Å². The fourth-order valence-electron chi connectivity index (χ4n) is 1.77. The lowest BCUT2D eigenvalue weighted by Gasteiger charge is -2.06. The summed E-state index contributed by atoms with van der Waals surface area (Å²) in [6.45, 7) is 4.34. The first-order valence-corrected chi connectivity index (χ1v) is 7.36. The van der Waals surface area contributed by atoms with Crippen molar-refractivity contribution < 1.29 is 4.74 Å². The van der Waals surface area contributed by atoms with Crippen molar-refractivity contribution in [3.8, 4) is 5.75 Å². The number of hydrogen-bond donors (Lipinski definition) is 2. The number of aromatic nitrogens is 1. The van der Waals surface area contributed by atoms with Gasteiger partial charge in [0.1, 0.15) is 11.6 Å². The Hall–Kier alpha value is -1.59. The number of nitrogen functional groups attached to an aromatic ring is 1. The van der Waals surface area contributed by atoms with Crippen LogP contribution in [0.1, 0.15) is 21.1 Å². The zero-order valence-corrected chi connectivity index (χ0v) is 12.9. The minimum absolute atomic E-state index is 0.0699. The van der Waals surface area contributed by atoms with Crippen molar-refractivity contribution in [1.29, 1.82) is 5.41 Å². The van der Waals surface area contributed by atoms with Gasteiger partial charge in [-0.25, -0.2) is 4.98 Å². The van der Waals surface area contributed by atoms with Crippen LogP contribution in [0.5, 0.6) is 5.75 Å². The molecule has 0 bridgehead atoms. The predicted octanol–water partition coefficient (Wildman–Crippen LogP) is 3.32. The number of thiazole rings is 1. The summed E-state index contributed by atoms with van der Waals surface area (Å²) in [5.74, 6) is 0.868. The van der Waals surface area contributed by atoms with E-state index in [0.717, 1.165) is 31.9 Å². The summed E-state index contributed by atoms with van der Waals surface area (Å²) in [5, 5.41) is 9.11. The molecule has 2 aromatic rings. The highest BCUT2D eigenvalue weighted by atomic mass is 35.5. The summed E-state index contributed by atoms with van der Waals surface area (Å²) < 4.78 is 5.68. The largest absolute Gasteiger partial charge is 0.493 e. The lowest BCUT2D eigenvalue weighted by molar-refractivity contribution is 0.321. The molecule has 2 rings (SSSR count). The molecule has 6 heteroatoms. The van der Waals surface area contributed by atoms with Crippen molar-refractivity contribution in [1.82, 2.24) is 4.98 Å². The van der Waals surface area contributed by atoms with Crippen molar-refractivity contribution >= 4 is 28.8 Å². The van der Waals surface area contributed by atoms with Gasteiger partial charge in [0.15, 0.2) is 0 Å². The summed E-state index contributed by atoms with van der Waals surface area (Å²) in [5.41, 5.74) is 7.29. The molecule has 1 aromatic carbocycles. The third kappa shape index (κ3) is 3.49. The lowest BCUT2D eigenvalue weighted by Crippen LogP contribution is -2.10. The lowest BCUT2D eigenvalue weighted by atomic mass is 10.2. The Morgan fingerprint density at radius 1 is 1.45 bits per heavy atom. The SMILES string of the molecule is Cc1cc(OCCc2nc(C)c(C(=N)N)s2)ccc1Cl. The number of benzene rings is 1. The van der Waals surface area contributed by atoms with Crippen molar-refractivity contribution in [3.63, 3.8) is 0 Å². The maximum Gasteiger partial charge on any atom is 0.135 e. The highest BCUT2D eigenvalue weighted by Crippen LogP contribution is 2.22. The van der Waals surface area contributed by atoms with E-state index in [9.17, 15) is 0 Å². The van der Waals surface area contributed by atoms with Crippen LogP contribution in [0, 0.1) is 19.3 Å². The van der Waals surface area contributed by atoms with Gasteiger partial charge in [0.05, 0.1) is 22.2 Å². The van der Waals surface area contributed by atoms with E-state index in [2.05, 4.69) is 4.98 Å².